The Morgan fingerprint density at radius 3 is 2.75 bits per heavy atom. The van der Waals surface area contributed by atoms with Crippen LogP contribution in [0.4, 0.5) is 0 Å². The number of ether oxygens (including phenoxy) is 2. The Bertz CT molecular complexity index is 1140. The van der Waals surface area contributed by atoms with Gasteiger partial charge in [0.15, 0.2) is 5.76 Å². The molecule has 0 saturated heterocycles. The molecule has 0 fully saturated rings. The molecule has 4 rings (SSSR count). The van der Waals surface area contributed by atoms with E-state index in [0.29, 0.717) is 11.2 Å². The summed E-state index contributed by atoms with van der Waals surface area (Å²) < 4.78 is 16.5. The van der Waals surface area contributed by atoms with Crippen LogP contribution in [0.2, 0.25) is 0 Å². The minimum Gasteiger partial charge on any atom is -0.502 e. The molecule has 2 heterocycles. The van der Waals surface area contributed by atoms with Crippen LogP contribution in [0.25, 0.3) is 17.0 Å². The van der Waals surface area contributed by atoms with Crippen molar-refractivity contribution in [2.24, 2.45) is 0 Å². The fourth-order valence-electron chi connectivity index (χ4n) is 3.36. The average Bonchev–Trinajstić information content (AvgIpc) is 2.74. The van der Waals surface area contributed by atoms with Crippen LogP contribution in [-0.2, 0) is 9.53 Å². The van der Waals surface area contributed by atoms with E-state index in [4.69, 9.17) is 13.9 Å². The fourth-order valence-corrected chi connectivity index (χ4v) is 3.36. The Morgan fingerprint density at radius 2 is 1.93 bits per heavy atom. The molecule has 1 aliphatic rings. The van der Waals surface area contributed by atoms with Crippen molar-refractivity contribution in [2.45, 2.75) is 12.3 Å². The molecular weight excluding hydrogens is 360 g/mol. The summed E-state index contributed by atoms with van der Waals surface area (Å²) in [6, 6.07) is 14.2. The van der Waals surface area contributed by atoms with Crippen LogP contribution in [0.15, 0.2) is 63.3 Å². The van der Waals surface area contributed by atoms with Gasteiger partial charge in [0.1, 0.15) is 17.9 Å². The van der Waals surface area contributed by atoms with Gasteiger partial charge in [-0.2, -0.15) is 0 Å². The summed E-state index contributed by atoms with van der Waals surface area (Å²) >= 11 is 0. The van der Waals surface area contributed by atoms with Gasteiger partial charge in [-0.25, -0.2) is 0 Å². The van der Waals surface area contributed by atoms with E-state index >= 15 is 0 Å². The lowest BCUT2D eigenvalue weighted by molar-refractivity contribution is -0.141. The van der Waals surface area contributed by atoms with E-state index < -0.39 is 23.1 Å². The second kappa shape index (κ2) is 7.23. The third-order valence-corrected chi connectivity index (χ3v) is 4.82. The van der Waals surface area contributed by atoms with Crippen molar-refractivity contribution in [3.05, 3.63) is 75.7 Å². The Balaban J connectivity index is 1.88. The second-order valence-corrected chi connectivity index (χ2v) is 6.52. The molecule has 0 radical (unpaired) electrons. The van der Waals surface area contributed by atoms with Gasteiger partial charge >= 0.3 is 5.97 Å². The van der Waals surface area contributed by atoms with Gasteiger partial charge in [-0.15, -0.1) is 0 Å². The topological polar surface area (TPSA) is 86.0 Å². The zero-order chi connectivity index (χ0) is 19.7. The predicted molar refractivity (Wildman–Crippen MR) is 103 cm³/mol. The zero-order valence-electron chi connectivity index (χ0n) is 15.2. The van der Waals surface area contributed by atoms with Gasteiger partial charge in [-0.05, 0) is 29.8 Å². The highest BCUT2D eigenvalue weighted by molar-refractivity contribution is 5.79. The van der Waals surface area contributed by atoms with Crippen LogP contribution in [0.3, 0.4) is 0 Å². The normalized spacial score (nSPS) is 14.0. The number of para-hydroxylation sites is 2. The number of methoxy groups -OCH3 is 1. The van der Waals surface area contributed by atoms with Crippen LogP contribution in [-0.4, -0.2) is 24.8 Å². The Morgan fingerprint density at radius 1 is 1.18 bits per heavy atom. The second-order valence-electron chi connectivity index (χ2n) is 6.52. The molecule has 0 spiro atoms. The molecule has 1 atom stereocenters. The smallest absolute Gasteiger partial charge is 0.306 e. The SMILES string of the molecule is COC(=O)CC(C1=Cc2ccccc2OC1)c1oc2ccccc2c(=O)c1O. The van der Waals surface area contributed by atoms with Gasteiger partial charge in [0.2, 0.25) is 11.2 Å². The van der Waals surface area contributed by atoms with E-state index in [2.05, 4.69) is 0 Å². The number of fused-ring (bicyclic) bond motifs is 2. The van der Waals surface area contributed by atoms with Crippen LogP contribution >= 0.6 is 0 Å². The van der Waals surface area contributed by atoms with E-state index in [1.54, 1.807) is 24.3 Å². The van der Waals surface area contributed by atoms with Gasteiger partial charge in [0.25, 0.3) is 0 Å². The lowest BCUT2D eigenvalue weighted by Gasteiger charge is -2.24. The quantitative estimate of drug-likeness (QED) is 0.698. The number of hydrogen-bond donors (Lipinski definition) is 1. The highest BCUT2D eigenvalue weighted by atomic mass is 16.5. The third kappa shape index (κ3) is 3.13. The maximum Gasteiger partial charge on any atom is 0.306 e. The minimum atomic E-state index is -0.696. The van der Waals surface area contributed by atoms with E-state index in [-0.39, 0.29) is 24.2 Å². The van der Waals surface area contributed by atoms with E-state index in [0.717, 1.165) is 11.3 Å². The maximum absolute atomic E-state index is 12.6. The van der Waals surface area contributed by atoms with Crippen molar-refractivity contribution in [2.75, 3.05) is 13.7 Å². The van der Waals surface area contributed by atoms with Crippen LogP contribution < -0.4 is 10.2 Å². The molecule has 2 aromatic carbocycles. The largest absolute Gasteiger partial charge is 0.502 e. The van der Waals surface area contributed by atoms with Crippen molar-refractivity contribution >= 4 is 23.0 Å². The highest BCUT2D eigenvalue weighted by Crippen LogP contribution is 2.38. The number of aromatic hydroxyl groups is 1. The van der Waals surface area contributed by atoms with Crippen molar-refractivity contribution in [3.63, 3.8) is 0 Å². The molecule has 1 unspecified atom stereocenters. The summed E-state index contributed by atoms with van der Waals surface area (Å²) in [6.07, 6.45) is 1.80. The summed E-state index contributed by atoms with van der Waals surface area (Å²) in [5, 5.41) is 10.8. The van der Waals surface area contributed by atoms with E-state index in [1.807, 2.05) is 30.3 Å². The predicted octanol–water partition coefficient (Wildman–Crippen LogP) is 3.62. The first-order chi connectivity index (χ1) is 13.6. The standard InChI is InChI=1S/C22H18O6/c1-26-19(23)11-16(14-10-13-6-2-4-8-17(13)27-12-14)22-21(25)20(24)15-7-3-5-9-18(15)28-22/h2-10,16,25H,11-12H2,1H3. The lowest BCUT2D eigenvalue weighted by atomic mass is 9.89. The van der Waals surface area contributed by atoms with Crippen LogP contribution in [0, 0.1) is 0 Å². The number of hydrogen-bond acceptors (Lipinski definition) is 6. The first-order valence-corrected chi connectivity index (χ1v) is 8.82. The molecule has 0 aliphatic carbocycles. The van der Waals surface area contributed by atoms with Crippen LogP contribution in [0.1, 0.15) is 23.7 Å². The van der Waals surface area contributed by atoms with Crippen molar-refractivity contribution in [1.82, 2.24) is 0 Å². The van der Waals surface area contributed by atoms with Gasteiger partial charge in [-0.3, -0.25) is 9.59 Å². The zero-order valence-corrected chi connectivity index (χ0v) is 15.2. The highest BCUT2D eigenvalue weighted by Gasteiger charge is 2.30. The summed E-state index contributed by atoms with van der Waals surface area (Å²) in [6.45, 7) is 0.203. The van der Waals surface area contributed by atoms with Crippen LogP contribution in [0.5, 0.6) is 11.5 Å². The van der Waals surface area contributed by atoms with Crippen molar-refractivity contribution in [3.8, 4) is 11.5 Å². The number of rotatable bonds is 4. The Kier molecular flexibility index (Phi) is 4.61. The van der Waals surface area contributed by atoms with E-state index in [1.165, 1.54) is 7.11 Å². The molecular formula is C22H18O6. The molecule has 1 aromatic heterocycles. The Labute approximate surface area is 160 Å². The Hall–Kier alpha value is -3.54. The molecule has 0 bridgehead atoms. The van der Waals surface area contributed by atoms with Crippen molar-refractivity contribution < 1.29 is 23.8 Å². The molecule has 0 amide bonds. The number of benzene rings is 2. The first-order valence-electron chi connectivity index (χ1n) is 8.82. The first kappa shape index (κ1) is 17.9. The maximum atomic E-state index is 12.6. The minimum absolute atomic E-state index is 0.0309. The number of carbonyl (C=O) groups is 1. The molecule has 6 heteroatoms. The van der Waals surface area contributed by atoms with Gasteiger partial charge in [0.05, 0.1) is 24.8 Å². The molecule has 142 valence electrons. The fraction of sp³-hybridized carbons (Fsp3) is 0.182. The number of esters is 1. The summed E-state index contributed by atoms with van der Waals surface area (Å²) in [5.74, 6) is -0.930. The third-order valence-electron chi connectivity index (χ3n) is 4.82. The van der Waals surface area contributed by atoms with Gasteiger partial charge < -0.3 is 19.0 Å². The average molecular weight is 378 g/mol. The summed E-state index contributed by atoms with van der Waals surface area (Å²) in [7, 11) is 1.29. The van der Waals surface area contributed by atoms with E-state index in [9.17, 15) is 14.7 Å². The molecule has 6 nitrogen and oxygen atoms in total. The van der Waals surface area contributed by atoms with Crippen molar-refractivity contribution in [1.29, 1.82) is 0 Å². The number of carbonyl (C=O) groups excluding carboxylic acids is 1. The molecule has 1 N–H and O–H groups in total. The molecule has 0 saturated carbocycles. The molecule has 3 aromatic rings. The lowest BCUT2D eigenvalue weighted by Crippen LogP contribution is -2.19. The summed E-state index contributed by atoms with van der Waals surface area (Å²) in [5.41, 5.74) is 1.36. The molecule has 1 aliphatic heterocycles. The monoisotopic (exact) mass is 378 g/mol. The van der Waals surface area contributed by atoms with Gasteiger partial charge in [0, 0.05) is 5.56 Å². The van der Waals surface area contributed by atoms with Gasteiger partial charge in [-0.1, -0.05) is 30.3 Å². The summed E-state index contributed by atoms with van der Waals surface area (Å²) in [4.78, 5) is 24.7. The molecule has 28 heavy (non-hydrogen) atoms.